The van der Waals surface area contributed by atoms with E-state index in [0.29, 0.717) is 0 Å². The Hall–Kier alpha value is -0.830. The van der Waals surface area contributed by atoms with Crippen LogP contribution in [0.25, 0.3) is 0 Å². The van der Waals surface area contributed by atoms with Gasteiger partial charge in [0.1, 0.15) is 0 Å². The van der Waals surface area contributed by atoms with Gasteiger partial charge >= 0.3 is 0 Å². The van der Waals surface area contributed by atoms with Gasteiger partial charge in [0, 0.05) is 13.1 Å². The summed E-state index contributed by atoms with van der Waals surface area (Å²) in [5, 5.41) is 2.87. The molecule has 15 heavy (non-hydrogen) atoms. The molecule has 1 saturated heterocycles. The van der Waals surface area contributed by atoms with Crippen LogP contribution in [0, 0.1) is 5.92 Å². The zero-order valence-electron chi connectivity index (χ0n) is 9.83. The van der Waals surface area contributed by atoms with Crippen LogP contribution in [-0.4, -0.2) is 37.0 Å². The van der Waals surface area contributed by atoms with Crippen LogP contribution in [0.4, 0.5) is 0 Å². The third-order valence-electron chi connectivity index (χ3n) is 2.92. The summed E-state index contributed by atoms with van der Waals surface area (Å²) >= 11 is 0. The predicted octanol–water partition coefficient (Wildman–Crippen LogP) is 1.41. The number of hydrogen-bond donors (Lipinski definition) is 1. The highest BCUT2D eigenvalue weighted by Gasteiger charge is 2.14. The van der Waals surface area contributed by atoms with Crippen molar-refractivity contribution in [1.29, 1.82) is 0 Å². The van der Waals surface area contributed by atoms with Crippen molar-refractivity contribution >= 4 is 5.91 Å². The molecular weight excluding hydrogens is 188 g/mol. The smallest absolute Gasteiger partial charge is 0.243 e. The Morgan fingerprint density at radius 3 is 2.73 bits per heavy atom. The summed E-state index contributed by atoms with van der Waals surface area (Å²) in [4.78, 5) is 13.5. The fourth-order valence-electron chi connectivity index (χ4n) is 1.83. The summed E-state index contributed by atoms with van der Waals surface area (Å²) in [6.07, 6.45) is 5.92. The van der Waals surface area contributed by atoms with Gasteiger partial charge in [-0.3, -0.25) is 4.79 Å². The van der Waals surface area contributed by atoms with E-state index in [0.717, 1.165) is 19.0 Å². The molecule has 0 bridgehead atoms. The van der Waals surface area contributed by atoms with Crippen LogP contribution in [0.3, 0.4) is 0 Å². The second-order valence-corrected chi connectivity index (χ2v) is 4.32. The van der Waals surface area contributed by atoms with Crippen molar-refractivity contribution in [2.45, 2.75) is 26.7 Å². The number of hydrogen-bond acceptors (Lipinski definition) is 2. The average molecular weight is 210 g/mol. The maximum atomic E-state index is 11.1. The van der Waals surface area contributed by atoms with E-state index in [2.05, 4.69) is 17.1 Å². The van der Waals surface area contributed by atoms with E-state index in [1.165, 1.54) is 25.9 Å². The van der Waals surface area contributed by atoms with Crippen LogP contribution in [0.1, 0.15) is 26.7 Å². The zero-order valence-corrected chi connectivity index (χ0v) is 9.83. The SMILES string of the molecule is CC=CC(=O)NCCN1CCC(C)CC1. The van der Waals surface area contributed by atoms with Gasteiger partial charge in [0.05, 0.1) is 0 Å². The highest BCUT2D eigenvalue weighted by Crippen LogP contribution is 2.14. The maximum absolute atomic E-state index is 11.1. The fourth-order valence-corrected chi connectivity index (χ4v) is 1.83. The number of allylic oxidation sites excluding steroid dienone is 1. The van der Waals surface area contributed by atoms with Gasteiger partial charge in [-0.1, -0.05) is 13.0 Å². The van der Waals surface area contributed by atoms with E-state index < -0.39 is 0 Å². The molecule has 1 heterocycles. The molecule has 0 aliphatic carbocycles. The van der Waals surface area contributed by atoms with Gasteiger partial charge in [0.25, 0.3) is 0 Å². The maximum Gasteiger partial charge on any atom is 0.243 e. The molecule has 3 nitrogen and oxygen atoms in total. The average Bonchev–Trinajstić information content (AvgIpc) is 2.21. The Labute approximate surface area is 92.5 Å². The van der Waals surface area contributed by atoms with E-state index in [1.807, 2.05) is 6.92 Å². The molecule has 1 amide bonds. The second-order valence-electron chi connectivity index (χ2n) is 4.32. The molecule has 0 atom stereocenters. The van der Waals surface area contributed by atoms with E-state index in [9.17, 15) is 4.79 Å². The van der Waals surface area contributed by atoms with Gasteiger partial charge in [0.2, 0.25) is 5.91 Å². The lowest BCUT2D eigenvalue weighted by atomic mass is 9.99. The molecule has 0 aromatic rings. The van der Waals surface area contributed by atoms with E-state index in [-0.39, 0.29) is 5.91 Å². The van der Waals surface area contributed by atoms with Crippen molar-refractivity contribution in [3.8, 4) is 0 Å². The first-order valence-corrected chi connectivity index (χ1v) is 5.85. The molecule has 1 aliphatic rings. The fraction of sp³-hybridized carbons (Fsp3) is 0.750. The number of rotatable bonds is 4. The summed E-state index contributed by atoms with van der Waals surface area (Å²) in [6, 6.07) is 0. The monoisotopic (exact) mass is 210 g/mol. The number of nitrogens with one attached hydrogen (secondary N) is 1. The Balaban J connectivity index is 2.07. The van der Waals surface area contributed by atoms with Crippen LogP contribution < -0.4 is 5.32 Å². The van der Waals surface area contributed by atoms with Crippen molar-refractivity contribution in [1.82, 2.24) is 10.2 Å². The van der Waals surface area contributed by atoms with Crippen LogP contribution >= 0.6 is 0 Å². The summed E-state index contributed by atoms with van der Waals surface area (Å²) in [6.45, 7) is 8.27. The number of piperidine rings is 1. The number of likely N-dealkylation sites (tertiary alicyclic amines) is 1. The molecule has 0 spiro atoms. The molecule has 1 aliphatic heterocycles. The van der Waals surface area contributed by atoms with Crippen LogP contribution in [0.15, 0.2) is 12.2 Å². The van der Waals surface area contributed by atoms with Crippen LogP contribution in [0.2, 0.25) is 0 Å². The number of amides is 1. The minimum atomic E-state index is 0.0166. The lowest BCUT2D eigenvalue weighted by Crippen LogP contribution is -2.38. The summed E-state index contributed by atoms with van der Waals surface area (Å²) in [5.74, 6) is 0.891. The van der Waals surface area contributed by atoms with Gasteiger partial charge in [0.15, 0.2) is 0 Å². The van der Waals surface area contributed by atoms with Crippen molar-refractivity contribution < 1.29 is 4.79 Å². The Bertz CT molecular complexity index is 218. The lowest BCUT2D eigenvalue weighted by Gasteiger charge is -2.29. The molecular formula is C12H22N2O. The normalized spacial score (nSPS) is 19.6. The number of carbonyl (C=O) groups excluding carboxylic acids is 1. The topological polar surface area (TPSA) is 32.3 Å². The lowest BCUT2D eigenvalue weighted by molar-refractivity contribution is -0.116. The first-order valence-electron chi connectivity index (χ1n) is 5.85. The Kier molecular flexibility index (Phi) is 5.40. The van der Waals surface area contributed by atoms with Crippen molar-refractivity contribution in [2.75, 3.05) is 26.2 Å². The molecule has 1 rings (SSSR count). The quantitative estimate of drug-likeness (QED) is 0.712. The van der Waals surface area contributed by atoms with Gasteiger partial charge in [-0.15, -0.1) is 0 Å². The predicted molar refractivity (Wildman–Crippen MR) is 62.7 cm³/mol. The molecule has 1 N–H and O–H groups in total. The zero-order chi connectivity index (χ0) is 11.1. The summed E-state index contributed by atoms with van der Waals surface area (Å²) in [5.41, 5.74) is 0. The van der Waals surface area contributed by atoms with Gasteiger partial charge in [-0.05, 0) is 44.8 Å². The first-order chi connectivity index (χ1) is 7.22. The largest absolute Gasteiger partial charge is 0.351 e. The standard InChI is InChI=1S/C12H22N2O/c1-3-4-12(15)13-7-10-14-8-5-11(2)6-9-14/h3-4,11H,5-10H2,1-2H3,(H,13,15). The number of carbonyl (C=O) groups is 1. The van der Waals surface area contributed by atoms with Crippen molar-refractivity contribution in [3.63, 3.8) is 0 Å². The van der Waals surface area contributed by atoms with Crippen molar-refractivity contribution in [2.24, 2.45) is 5.92 Å². The van der Waals surface area contributed by atoms with E-state index in [1.54, 1.807) is 12.2 Å². The van der Waals surface area contributed by atoms with Gasteiger partial charge in [-0.2, -0.15) is 0 Å². The second kappa shape index (κ2) is 6.62. The van der Waals surface area contributed by atoms with Crippen LogP contribution in [0.5, 0.6) is 0 Å². The molecule has 3 heteroatoms. The highest BCUT2D eigenvalue weighted by molar-refractivity contribution is 5.87. The molecule has 0 unspecified atom stereocenters. The third kappa shape index (κ3) is 4.98. The van der Waals surface area contributed by atoms with E-state index >= 15 is 0 Å². The molecule has 1 fully saturated rings. The summed E-state index contributed by atoms with van der Waals surface area (Å²) in [7, 11) is 0. The summed E-state index contributed by atoms with van der Waals surface area (Å²) < 4.78 is 0. The van der Waals surface area contributed by atoms with Crippen LogP contribution in [-0.2, 0) is 4.79 Å². The minimum Gasteiger partial charge on any atom is -0.351 e. The van der Waals surface area contributed by atoms with E-state index in [4.69, 9.17) is 0 Å². The molecule has 0 aromatic heterocycles. The van der Waals surface area contributed by atoms with Gasteiger partial charge in [-0.25, -0.2) is 0 Å². The molecule has 0 aromatic carbocycles. The first kappa shape index (κ1) is 12.2. The Morgan fingerprint density at radius 1 is 1.47 bits per heavy atom. The highest BCUT2D eigenvalue weighted by atomic mass is 16.1. The molecule has 0 radical (unpaired) electrons. The molecule has 0 saturated carbocycles. The van der Waals surface area contributed by atoms with Gasteiger partial charge < -0.3 is 10.2 Å². The third-order valence-corrected chi connectivity index (χ3v) is 2.92. The Morgan fingerprint density at radius 2 is 2.13 bits per heavy atom. The van der Waals surface area contributed by atoms with Crippen molar-refractivity contribution in [3.05, 3.63) is 12.2 Å². The number of nitrogens with zero attached hydrogens (tertiary/aromatic N) is 1. The molecule has 86 valence electrons. The minimum absolute atomic E-state index is 0.0166.